The Balaban J connectivity index is 1.65. The van der Waals surface area contributed by atoms with Gasteiger partial charge in [-0.25, -0.2) is 14.5 Å². The standard InChI is InChI=1S/C19H21N3O3/c1-19(25,13-21-18(24)22-12-11-20-17(22)23)16-9-7-15(8-10-16)14-5-3-2-4-6-14/h2-10,25H,11-13H2,1H3,(H,20,23)(H,21,24)/t19-/m0/s1. The molecule has 0 saturated carbocycles. The number of hydrogen-bond donors (Lipinski definition) is 3. The van der Waals surface area contributed by atoms with E-state index in [0.717, 1.165) is 16.0 Å². The number of imide groups is 1. The number of aliphatic hydroxyl groups is 1. The van der Waals surface area contributed by atoms with Crippen LogP contribution in [0.4, 0.5) is 9.59 Å². The van der Waals surface area contributed by atoms with E-state index in [2.05, 4.69) is 10.6 Å². The molecule has 0 bridgehead atoms. The van der Waals surface area contributed by atoms with Crippen LogP contribution in [0.2, 0.25) is 0 Å². The van der Waals surface area contributed by atoms with Crippen LogP contribution in [0.15, 0.2) is 54.6 Å². The van der Waals surface area contributed by atoms with Gasteiger partial charge in [-0.05, 0) is 23.6 Å². The highest BCUT2D eigenvalue weighted by Crippen LogP contribution is 2.24. The van der Waals surface area contributed by atoms with Gasteiger partial charge in [-0.1, -0.05) is 54.6 Å². The van der Waals surface area contributed by atoms with Crippen LogP contribution in [0.3, 0.4) is 0 Å². The summed E-state index contributed by atoms with van der Waals surface area (Å²) in [5.41, 5.74) is 1.61. The Labute approximate surface area is 146 Å². The molecule has 0 unspecified atom stereocenters. The summed E-state index contributed by atoms with van der Waals surface area (Å²) in [6.07, 6.45) is 0. The van der Waals surface area contributed by atoms with Crippen molar-refractivity contribution in [2.24, 2.45) is 0 Å². The normalized spacial score (nSPS) is 16.2. The summed E-state index contributed by atoms with van der Waals surface area (Å²) in [6.45, 7) is 2.43. The highest BCUT2D eigenvalue weighted by molar-refractivity contribution is 5.94. The van der Waals surface area contributed by atoms with Gasteiger partial charge in [0.25, 0.3) is 0 Å². The van der Waals surface area contributed by atoms with Crippen LogP contribution in [0.25, 0.3) is 11.1 Å². The van der Waals surface area contributed by atoms with E-state index in [1.807, 2.05) is 54.6 Å². The predicted molar refractivity (Wildman–Crippen MR) is 95.0 cm³/mol. The minimum absolute atomic E-state index is 0.0142. The lowest BCUT2D eigenvalue weighted by atomic mass is 9.94. The monoisotopic (exact) mass is 339 g/mol. The molecule has 1 atom stereocenters. The summed E-state index contributed by atoms with van der Waals surface area (Å²) in [6, 6.07) is 16.6. The van der Waals surface area contributed by atoms with Crippen LogP contribution < -0.4 is 10.6 Å². The Morgan fingerprint density at radius 3 is 2.40 bits per heavy atom. The Bertz CT molecular complexity index is 757. The zero-order valence-electron chi connectivity index (χ0n) is 14.0. The quantitative estimate of drug-likeness (QED) is 0.799. The highest BCUT2D eigenvalue weighted by Gasteiger charge is 2.29. The second-order valence-corrected chi connectivity index (χ2v) is 6.26. The summed E-state index contributed by atoms with van der Waals surface area (Å²) in [4.78, 5) is 24.6. The van der Waals surface area contributed by atoms with Crippen LogP contribution >= 0.6 is 0 Å². The largest absolute Gasteiger partial charge is 0.384 e. The summed E-state index contributed by atoms with van der Waals surface area (Å²) < 4.78 is 0. The Hall–Kier alpha value is -2.86. The Morgan fingerprint density at radius 1 is 1.16 bits per heavy atom. The smallest absolute Gasteiger partial charge is 0.325 e. The van der Waals surface area contributed by atoms with Gasteiger partial charge in [-0.15, -0.1) is 0 Å². The lowest BCUT2D eigenvalue weighted by Gasteiger charge is -2.25. The molecule has 1 fully saturated rings. The molecule has 2 aromatic rings. The molecule has 3 rings (SSSR count). The summed E-state index contributed by atoms with van der Waals surface area (Å²) in [5.74, 6) is 0. The van der Waals surface area contributed by atoms with Crippen molar-refractivity contribution in [3.8, 4) is 11.1 Å². The number of amides is 4. The molecule has 4 amide bonds. The molecule has 6 nitrogen and oxygen atoms in total. The van der Waals surface area contributed by atoms with E-state index in [-0.39, 0.29) is 6.54 Å². The number of hydrogen-bond acceptors (Lipinski definition) is 3. The van der Waals surface area contributed by atoms with E-state index in [9.17, 15) is 14.7 Å². The maximum Gasteiger partial charge on any atom is 0.325 e. The minimum atomic E-state index is -1.24. The predicted octanol–water partition coefficient (Wildman–Crippen LogP) is 2.30. The van der Waals surface area contributed by atoms with E-state index >= 15 is 0 Å². The fourth-order valence-corrected chi connectivity index (χ4v) is 2.76. The molecule has 130 valence electrons. The topological polar surface area (TPSA) is 81.7 Å². The fourth-order valence-electron chi connectivity index (χ4n) is 2.76. The van der Waals surface area contributed by atoms with Gasteiger partial charge < -0.3 is 15.7 Å². The average molecular weight is 339 g/mol. The summed E-state index contributed by atoms with van der Waals surface area (Å²) >= 11 is 0. The maximum absolute atomic E-state index is 12.0. The first-order valence-electron chi connectivity index (χ1n) is 8.19. The number of nitrogens with one attached hydrogen (secondary N) is 2. The molecule has 1 aliphatic heterocycles. The van der Waals surface area contributed by atoms with E-state index in [4.69, 9.17) is 0 Å². The molecule has 6 heteroatoms. The van der Waals surface area contributed by atoms with Gasteiger partial charge in [-0.3, -0.25) is 0 Å². The van der Waals surface area contributed by atoms with Gasteiger partial charge >= 0.3 is 12.1 Å². The number of carbonyl (C=O) groups excluding carboxylic acids is 2. The van der Waals surface area contributed by atoms with Gasteiger partial charge in [0.15, 0.2) is 0 Å². The van der Waals surface area contributed by atoms with Crippen molar-refractivity contribution in [1.82, 2.24) is 15.5 Å². The van der Waals surface area contributed by atoms with Crippen LogP contribution in [0.1, 0.15) is 12.5 Å². The third-order valence-electron chi connectivity index (χ3n) is 4.30. The summed E-state index contributed by atoms with van der Waals surface area (Å²) in [5, 5.41) is 15.9. The van der Waals surface area contributed by atoms with E-state index < -0.39 is 17.7 Å². The third-order valence-corrected chi connectivity index (χ3v) is 4.30. The number of carbonyl (C=O) groups is 2. The zero-order chi connectivity index (χ0) is 17.9. The van der Waals surface area contributed by atoms with Crippen molar-refractivity contribution in [3.05, 3.63) is 60.2 Å². The number of benzene rings is 2. The molecule has 0 radical (unpaired) electrons. The van der Waals surface area contributed by atoms with Gasteiger partial charge in [0.2, 0.25) is 0 Å². The van der Waals surface area contributed by atoms with Gasteiger partial charge in [0.05, 0.1) is 6.54 Å². The second kappa shape index (κ2) is 6.94. The van der Waals surface area contributed by atoms with Crippen molar-refractivity contribution < 1.29 is 14.7 Å². The first-order chi connectivity index (χ1) is 12.0. The minimum Gasteiger partial charge on any atom is -0.384 e. The van der Waals surface area contributed by atoms with Crippen molar-refractivity contribution >= 4 is 12.1 Å². The van der Waals surface area contributed by atoms with Gasteiger partial charge in [0.1, 0.15) is 5.60 Å². The average Bonchev–Trinajstić information content (AvgIpc) is 3.07. The van der Waals surface area contributed by atoms with Crippen LogP contribution in [-0.2, 0) is 5.60 Å². The lowest BCUT2D eigenvalue weighted by molar-refractivity contribution is 0.0582. The second-order valence-electron chi connectivity index (χ2n) is 6.26. The van der Waals surface area contributed by atoms with Crippen LogP contribution in [0, 0.1) is 0 Å². The van der Waals surface area contributed by atoms with E-state index in [0.29, 0.717) is 18.7 Å². The number of nitrogens with zero attached hydrogens (tertiary/aromatic N) is 1. The van der Waals surface area contributed by atoms with Crippen molar-refractivity contribution in [3.63, 3.8) is 0 Å². The molecular weight excluding hydrogens is 318 g/mol. The lowest BCUT2D eigenvalue weighted by Crippen LogP contribution is -2.46. The molecule has 25 heavy (non-hydrogen) atoms. The molecule has 1 saturated heterocycles. The SMILES string of the molecule is C[C@](O)(CNC(=O)N1CCNC1=O)c1ccc(-c2ccccc2)cc1. The first kappa shape index (κ1) is 17.0. The van der Waals surface area contributed by atoms with Crippen LogP contribution in [0.5, 0.6) is 0 Å². The van der Waals surface area contributed by atoms with Crippen molar-refractivity contribution in [1.29, 1.82) is 0 Å². The molecule has 0 aromatic heterocycles. The van der Waals surface area contributed by atoms with Gasteiger partial charge in [-0.2, -0.15) is 0 Å². The maximum atomic E-state index is 12.0. The van der Waals surface area contributed by atoms with Crippen molar-refractivity contribution in [2.45, 2.75) is 12.5 Å². The molecule has 2 aromatic carbocycles. The Morgan fingerprint density at radius 2 is 1.80 bits per heavy atom. The Kier molecular flexibility index (Phi) is 4.72. The molecule has 3 N–H and O–H groups in total. The number of rotatable bonds is 4. The first-order valence-corrected chi connectivity index (χ1v) is 8.19. The molecule has 1 heterocycles. The molecule has 1 aliphatic rings. The third kappa shape index (κ3) is 3.80. The van der Waals surface area contributed by atoms with Crippen LogP contribution in [-0.4, -0.2) is 41.7 Å². The number of urea groups is 2. The molecule has 0 spiro atoms. The fraction of sp³-hybridized carbons (Fsp3) is 0.263. The molecule has 0 aliphatic carbocycles. The zero-order valence-corrected chi connectivity index (χ0v) is 14.0. The van der Waals surface area contributed by atoms with Crippen molar-refractivity contribution in [2.75, 3.05) is 19.6 Å². The van der Waals surface area contributed by atoms with Gasteiger partial charge in [0, 0.05) is 13.1 Å². The van der Waals surface area contributed by atoms with E-state index in [1.165, 1.54) is 0 Å². The van der Waals surface area contributed by atoms with E-state index in [1.54, 1.807) is 6.92 Å². The summed E-state index contributed by atoms with van der Waals surface area (Å²) in [7, 11) is 0. The molecular formula is C19H21N3O3. The highest BCUT2D eigenvalue weighted by atomic mass is 16.3.